The molecule has 1 unspecified atom stereocenters. The van der Waals surface area contributed by atoms with Crippen LogP contribution in [-0.2, 0) is 10.1 Å². The highest BCUT2D eigenvalue weighted by atomic mass is 32.2. The minimum absolute atomic E-state index is 0.242. The molecule has 1 atom stereocenters. The fourth-order valence-electron chi connectivity index (χ4n) is 1.82. The van der Waals surface area contributed by atoms with Gasteiger partial charge in [-0.2, -0.15) is 8.42 Å². The normalized spacial score (nSPS) is 23.6. The van der Waals surface area contributed by atoms with Crippen LogP contribution >= 0.6 is 0 Å². The number of allylic oxidation sites excluding steroid dienone is 3. The van der Waals surface area contributed by atoms with E-state index in [4.69, 9.17) is 0 Å². The Kier molecular flexibility index (Phi) is 3.50. The molecule has 0 saturated heterocycles. The molecule has 1 N–H and O–H groups in total. The van der Waals surface area contributed by atoms with E-state index in [0.29, 0.717) is 0 Å². The quantitative estimate of drug-likeness (QED) is 0.852. The van der Waals surface area contributed by atoms with E-state index in [9.17, 15) is 13.0 Å². The van der Waals surface area contributed by atoms with Crippen LogP contribution in [0.2, 0.25) is 0 Å². The summed E-state index contributed by atoms with van der Waals surface area (Å²) in [6.07, 6.45) is 10.1. The number of hydrogen-bond donors (Lipinski definition) is 1. The van der Waals surface area contributed by atoms with Crippen LogP contribution in [0.3, 0.4) is 0 Å². The highest BCUT2D eigenvalue weighted by Crippen LogP contribution is 2.29. The van der Waals surface area contributed by atoms with E-state index < -0.39 is 14.9 Å². The predicted molar refractivity (Wildman–Crippen MR) is 72.7 cm³/mol. The first kappa shape index (κ1) is 12.8. The molecule has 4 heteroatoms. The zero-order valence-electron chi connectivity index (χ0n) is 9.73. The average molecular weight is 262 g/mol. The van der Waals surface area contributed by atoms with Gasteiger partial charge in [-0.25, -0.2) is 0 Å². The molecule has 18 heavy (non-hydrogen) atoms. The largest absolute Gasteiger partial charge is 0.285 e. The van der Waals surface area contributed by atoms with Crippen LogP contribution in [-0.4, -0.2) is 17.7 Å². The Balaban J connectivity index is 2.36. The zero-order chi connectivity index (χ0) is 13.1. The summed E-state index contributed by atoms with van der Waals surface area (Å²) in [5.41, 5.74) is 0.892. The highest BCUT2D eigenvalue weighted by Gasteiger charge is 2.37. The van der Waals surface area contributed by atoms with E-state index in [0.717, 1.165) is 5.56 Å². The highest BCUT2D eigenvalue weighted by molar-refractivity contribution is 7.87. The second-order valence-corrected chi connectivity index (χ2v) is 5.88. The SMILES string of the molecule is O=S(=O)(O)C1(C=Cc2ccccc2)C=CC=CC1. The van der Waals surface area contributed by atoms with Crippen molar-refractivity contribution in [2.24, 2.45) is 0 Å². The van der Waals surface area contributed by atoms with Gasteiger partial charge < -0.3 is 0 Å². The molecule has 0 spiro atoms. The lowest BCUT2D eigenvalue weighted by Gasteiger charge is -2.24. The van der Waals surface area contributed by atoms with Crippen molar-refractivity contribution in [3.8, 4) is 0 Å². The average Bonchev–Trinajstić information content (AvgIpc) is 2.37. The van der Waals surface area contributed by atoms with Gasteiger partial charge in [0.15, 0.2) is 0 Å². The lowest BCUT2D eigenvalue weighted by molar-refractivity contribution is 0.461. The summed E-state index contributed by atoms with van der Waals surface area (Å²) in [5, 5.41) is 0. The Morgan fingerprint density at radius 1 is 1.17 bits per heavy atom. The maximum atomic E-state index is 11.5. The van der Waals surface area contributed by atoms with Gasteiger partial charge in [-0.1, -0.05) is 66.8 Å². The summed E-state index contributed by atoms with van der Waals surface area (Å²) in [4.78, 5) is 0. The Morgan fingerprint density at radius 3 is 2.44 bits per heavy atom. The maximum absolute atomic E-state index is 11.5. The fourth-order valence-corrected chi connectivity index (χ4v) is 2.62. The number of rotatable bonds is 3. The topological polar surface area (TPSA) is 54.4 Å². The maximum Gasteiger partial charge on any atom is 0.278 e. The Morgan fingerprint density at radius 2 is 1.89 bits per heavy atom. The van der Waals surface area contributed by atoms with Gasteiger partial charge >= 0.3 is 0 Å². The fraction of sp³-hybridized carbons (Fsp3) is 0.143. The van der Waals surface area contributed by atoms with Crippen molar-refractivity contribution in [3.63, 3.8) is 0 Å². The molecular weight excluding hydrogens is 248 g/mol. The van der Waals surface area contributed by atoms with E-state index in [1.807, 2.05) is 30.3 Å². The molecule has 0 aromatic heterocycles. The van der Waals surface area contributed by atoms with Gasteiger partial charge in [-0.15, -0.1) is 0 Å². The van der Waals surface area contributed by atoms with Crippen LogP contribution < -0.4 is 0 Å². The molecule has 0 fully saturated rings. The van der Waals surface area contributed by atoms with Gasteiger partial charge in [0.25, 0.3) is 10.1 Å². The van der Waals surface area contributed by atoms with Crippen LogP contribution in [0.4, 0.5) is 0 Å². The zero-order valence-corrected chi connectivity index (χ0v) is 10.5. The second-order valence-electron chi connectivity index (χ2n) is 4.17. The molecule has 94 valence electrons. The van der Waals surface area contributed by atoms with Gasteiger partial charge in [0.1, 0.15) is 4.75 Å². The van der Waals surface area contributed by atoms with Crippen molar-refractivity contribution >= 4 is 16.2 Å². The summed E-state index contributed by atoms with van der Waals surface area (Å²) in [7, 11) is -4.18. The van der Waals surface area contributed by atoms with E-state index in [2.05, 4.69) is 0 Å². The van der Waals surface area contributed by atoms with Crippen molar-refractivity contribution in [2.75, 3.05) is 0 Å². The first-order valence-electron chi connectivity index (χ1n) is 5.59. The molecule has 1 aromatic rings. The van der Waals surface area contributed by atoms with E-state index >= 15 is 0 Å². The van der Waals surface area contributed by atoms with Gasteiger partial charge in [-0.3, -0.25) is 4.55 Å². The molecule has 0 amide bonds. The smallest absolute Gasteiger partial charge is 0.278 e. The molecule has 1 aromatic carbocycles. The molecule has 0 heterocycles. The van der Waals surface area contributed by atoms with Gasteiger partial charge in [-0.05, 0) is 12.0 Å². The molecule has 0 aliphatic heterocycles. The van der Waals surface area contributed by atoms with Crippen LogP contribution in [0.5, 0.6) is 0 Å². The van der Waals surface area contributed by atoms with Crippen LogP contribution in [0.15, 0.2) is 60.7 Å². The number of hydrogen-bond acceptors (Lipinski definition) is 2. The summed E-state index contributed by atoms with van der Waals surface area (Å²) in [6, 6.07) is 9.37. The van der Waals surface area contributed by atoms with E-state index in [-0.39, 0.29) is 6.42 Å². The van der Waals surface area contributed by atoms with Crippen LogP contribution in [0.1, 0.15) is 12.0 Å². The third-order valence-corrected chi connectivity index (χ3v) is 4.30. The van der Waals surface area contributed by atoms with Crippen molar-refractivity contribution in [2.45, 2.75) is 11.2 Å². The van der Waals surface area contributed by atoms with Gasteiger partial charge in [0.05, 0.1) is 0 Å². The molecule has 0 bridgehead atoms. The molecular formula is C14H14O3S. The monoisotopic (exact) mass is 262 g/mol. The van der Waals surface area contributed by atoms with E-state index in [1.54, 1.807) is 24.3 Å². The van der Waals surface area contributed by atoms with Crippen molar-refractivity contribution < 1.29 is 13.0 Å². The minimum Gasteiger partial charge on any atom is -0.285 e. The van der Waals surface area contributed by atoms with Crippen LogP contribution in [0, 0.1) is 0 Å². The molecule has 0 radical (unpaired) electrons. The Hall–Kier alpha value is -1.65. The molecule has 1 aliphatic rings. The van der Waals surface area contributed by atoms with Crippen molar-refractivity contribution in [3.05, 3.63) is 66.3 Å². The Labute approximate surface area is 107 Å². The first-order chi connectivity index (χ1) is 8.54. The lowest BCUT2D eigenvalue weighted by Crippen LogP contribution is -2.34. The standard InChI is InChI=1S/C14H14O3S/c15-18(16,17)14(10-5-2-6-11-14)12-9-13-7-3-1-4-8-13/h1-10,12H,11H2,(H,15,16,17). The number of benzene rings is 1. The van der Waals surface area contributed by atoms with Crippen LogP contribution in [0.25, 0.3) is 6.08 Å². The van der Waals surface area contributed by atoms with Crippen molar-refractivity contribution in [1.29, 1.82) is 0 Å². The van der Waals surface area contributed by atoms with E-state index in [1.165, 1.54) is 12.2 Å². The summed E-state index contributed by atoms with van der Waals surface area (Å²) >= 11 is 0. The van der Waals surface area contributed by atoms with Gasteiger partial charge in [0.2, 0.25) is 0 Å². The molecule has 2 rings (SSSR count). The third kappa shape index (κ3) is 2.60. The summed E-state index contributed by atoms with van der Waals surface area (Å²) in [5.74, 6) is 0. The summed E-state index contributed by atoms with van der Waals surface area (Å²) < 4.78 is 31.2. The minimum atomic E-state index is -4.18. The van der Waals surface area contributed by atoms with Crippen molar-refractivity contribution in [1.82, 2.24) is 0 Å². The van der Waals surface area contributed by atoms with Gasteiger partial charge in [0, 0.05) is 0 Å². The molecule has 3 nitrogen and oxygen atoms in total. The lowest BCUT2D eigenvalue weighted by atomic mass is 9.98. The second kappa shape index (κ2) is 4.92. The summed E-state index contributed by atoms with van der Waals surface area (Å²) in [6.45, 7) is 0. The Bertz CT molecular complexity index is 597. The molecule has 0 saturated carbocycles. The third-order valence-electron chi connectivity index (χ3n) is 2.90. The first-order valence-corrected chi connectivity index (χ1v) is 7.03. The predicted octanol–water partition coefficient (Wildman–Crippen LogP) is 2.84. The molecule has 1 aliphatic carbocycles.